The molecule has 0 saturated carbocycles. The molecule has 0 aliphatic rings. The number of aromatic nitrogens is 2. The van der Waals surface area contributed by atoms with Crippen molar-refractivity contribution >= 4 is 29.4 Å². The number of carbonyl (C=O) groups is 2. The highest BCUT2D eigenvalue weighted by Gasteiger charge is 2.18. The van der Waals surface area contributed by atoms with Crippen LogP contribution in [-0.4, -0.2) is 46.5 Å². The van der Waals surface area contributed by atoms with E-state index in [1.165, 1.54) is 11.8 Å². The van der Waals surface area contributed by atoms with Gasteiger partial charge in [0.25, 0.3) is 0 Å². The van der Waals surface area contributed by atoms with E-state index in [9.17, 15) is 9.59 Å². The van der Waals surface area contributed by atoms with E-state index in [0.717, 1.165) is 17.0 Å². The van der Waals surface area contributed by atoms with Crippen molar-refractivity contribution < 1.29 is 14.3 Å². The maximum absolute atomic E-state index is 12.8. The van der Waals surface area contributed by atoms with E-state index in [1.807, 2.05) is 56.4 Å². The molecule has 0 aliphatic heterocycles. The van der Waals surface area contributed by atoms with Gasteiger partial charge in [-0.15, -0.1) is 0 Å². The SMILES string of the molecule is COc1ccc(-n2cc(-c3ccc(Cl)cc3)nc2NC(=O)CN(CC(C)C)C(C)=O)cc1. The topological polar surface area (TPSA) is 76.5 Å². The molecule has 0 unspecified atom stereocenters. The van der Waals surface area contributed by atoms with Crippen LogP contribution in [0.3, 0.4) is 0 Å². The lowest BCUT2D eigenvalue weighted by molar-refractivity contribution is -0.133. The summed E-state index contributed by atoms with van der Waals surface area (Å²) in [4.78, 5) is 30.9. The van der Waals surface area contributed by atoms with Crippen LogP contribution in [0.1, 0.15) is 20.8 Å². The molecule has 1 aromatic heterocycles. The van der Waals surface area contributed by atoms with Crippen LogP contribution < -0.4 is 10.1 Å². The van der Waals surface area contributed by atoms with Crippen LogP contribution in [0.4, 0.5) is 5.95 Å². The zero-order valence-electron chi connectivity index (χ0n) is 18.6. The van der Waals surface area contributed by atoms with E-state index in [4.69, 9.17) is 16.3 Å². The van der Waals surface area contributed by atoms with Crippen molar-refractivity contribution in [1.82, 2.24) is 14.5 Å². The van der Waals surface area contributed by atoms with Gasteiger partial charge in [0, 0.05) is 35.9 Å². The lowest BCUT2D eigenvalue weighted by Crippen LogP contribution is -2.39. The van der Waals surface area contributed by atoms with Gasteiger partial charge in [-0.25, -0.2) is 4.98 Å². The van der Waals surface area contributed by atoms with Gasteiger partial charge in [0.2, 0.25) is 17.8 Å². The normalized spacial score (nSPS) is 10.8. The molecule has 2 amide bonds. The number of amides is 2. The van der Waals surface area contributed by atoms with E-state index < -0.39 is 0 Å². The molecule has 168 valence electrons. The van der Waals surface area contributed by atoms with Crippen molar-refractivity contribution in [1.29, 1.82) is 0 Å². The Bertz CT molecular complexity index is 1080. The Hall–Kier alpha value is -3.32. The van der Waals surface area contributed by atoms with Gasteiger partial charge in [-0.05, 0) is 42.3 Å². The largest absolute Gasteiger partial charge is 0.497 e. The van der Waals surface area contributed by atoms with Gasteiger partial charge < -0.3 is 9.64 Å². The highest BCUT2D eigenvalue weighted by molar-refractivity contribution is 6.30. The summed E-state index contributed by atoms with van der Waals surface area (Å²) in [5.41, 5.74) is 2.35. The zero-order chi connectivity index (χ0) is 23.3. The molecule has 0 bridgehead atoms. The summed E-state index contributed by atoms with van der Waals surface area (Å²) >= 11 is 6.01. The molecule has 1 N–H and O–H groups in total. The average Bonchev–Trinajstić information content (AvgIpc) is 3.17. The first-order chi connectivity index (χ1) is 15.3. The van der Waals surface area contributed by atoms with Gasteiger partial charge in [0.1, 0.15) is 5.75 Å². The molecular formula is C24H27ClN4O3. The van der Waals surface area contributed by atoms with Gasteiger partial charge >= 0.3 is 0 Å². The maximum Gasteiger partial charge on any atom is 0.246 e. The smallest absolute Gasteiger partial charge is 0.246 e. The molecule has 2 aromatic carbocycles. The zero-order valence-corrected chi connectivity index (χ0v) is 19.4. The van der Waals surface area contributed by atoms with E-state index in [-0.39, 0.29) is 24.3 Å². The summed E-state index contributed by atoms with van der Waals surface area (Å²) in [5.74, 6) is 0.879. The quantitative estimate of drug-likeness (QED) is 0.537. The Morgan fingerprint density at radius 1 is 1.12 bits per heavy atom. The number of benzene rings is 2. The fourth-order valence-electron chi connectivity index (χ4n) is 3.25. The summed E-state index contributed by atoms with van der Waals surface area (Å²) in [6, 6.07) is 14.7. The molecule has 7 nitrogen and oxygen atoms in total. The summed E-state index contributed by atoms with van der Waals surface area (Å²) in [5, 5.41) is 3.49. The van der Waals surface area contributed by atoms with E-state index >= 15 is 0 Å². The van der Waals surface area contributed by atoms with Gasteiger partial charge in [-0.1, -0.05) is 37.6 Å². The second-order valence-electron chi connectivity index (χ2n) is 7.87. The number of hydrogen-bond donors (Lipinski definition) is 1. The van der Waals surface area contributed by atoms with Crippen molar-refractivity contribution in [2.75, 3.05) is 25.5 Å². The van der Waals surface area contributed by atoms with Gasteiger partial charge in [0.15, 0.2) is 0 Å². The number of nitrogens with one attached hydrogen (secondary N) is 1. The first-order valence-electron chi connectivity index (χ1n) is 10.3. The minimum absolute atomic E-state index is 0.0424. The van der Waals surface area contributed by atoms with Crippen LogP contribution in [0, 0.1) is 5.92 Å². The molecule has 3 rings (SSSR count). The molecule has 8 heteroatoms. The van der Waals surface area contributed by atoms with E-state index in [0.29, 0.717) is 23.2 Å². The fraction of sp³-hybridized carbons (Fsp3) is 0.292. The van der Waals surface area contributed by atoms with Crippen LogP contribution >= 0.6 is 11.6 Å². The lowest BCUT2D eigenvalue weighted by Gasteiger charge is -2.22. The second-order valence-corrected chi connectivity index (χ2v) is 8.30. The molecule has 0 fully saturated rings. The average molecular weight is 455 g/mol. The minimum atomic E-state index is -0.316. The molecule has 0 aliphatic carbocycles. The van der Waals surface area contributed by atoms with Crippen molar-refractivity contribution in [3.63, 3.8) is 0 Å². The molecule has 3 aromatic rings. The van der Waals surface area contributed by atoms with Crippen LogP contribution in [-0.2, 0) is 9.59 Å². The predicted octanol–water partition coefficient (Wildman–Crippen LogP) is 4.64. The monoisotopic (exact) mass is 454 g/mol. The molecule has 1 heterocycles. The fourth-order valence-corrected chi connectivity index (χ4v) is 3.38. The van der Waals surface area contributed by atoms with Crippen LogP contribution in [0.15, 0.2) is 54.7 Å². The standard InChI is InChI=1S/C24H27ClN4O3/c1-16(2)13-28(17(3)30)15-23(31)27-24-26-22(18-5-7-19(25)8-6-18)14-29(24)20-9-11-21(32-4)12-10-20/h5-12,14,16H,13,15H2,1-4H3,(H,26,27,31). The molecular weight excluding hydrogens is 428 g/mol. The molecule has 0 radical (unpaired) electrons. The van der Waals surface area contributed by atoms with Gasteiger partial charge in [0.05, 0.1) is 19.3 Å². The maximum atomic E-state index is 12.8. The number of imidazole rings is 1. The Morgan fingerprint density at radius 3 is 2.34 bits per heavy atom. The van der Waals surface area contributed by atoms with E-state index in [2.05, 4.69) is 10.3 Å². The highest BCUT2D eigenvalue weighted by atomic mass is 35.5. The van der Waals surface area contributed by atoms with Crippen molar-refractivity contribution in [3.05, 3.63) is 59.8 Å². The number of hydrogen-bond acceptors (Lipinski definition) is 4. The molecule has 32 heavy (non-hydrogen) atoms. The minimum Gasteiger partial charge on any atom is -0.497 e. The third kappa shape index (κ3) is 5.88. The third-order valence-electron chi connectivity index (χ3n) is 4.81. The Labute approximate surface area is 193 Å². The summed E-state index contributed by atoms with van der Waals surface area (Å²) in [6.07, 6.45) is 1.84. The van der Waals surface area contributed by atoms with E-state index in [1.54, 1.807) is 23.8 Å². The molecule has 0 spiro atoms. The Morgan fingerprint density at radius 2 is 1.78 bits per heavy atom. The number of nitrogens with zero attached hydrogens (tertiary/aromatic N) is 3. The van der Waals surface area contributed by atoms with Crippen LogP contribution in [0.2, 0.25) is 5.02 Å². The van der Waals surface area contributed by atoms with Crippen molar-refractivity contribution in [2.45, 2.75) is 20.8 Å². The van der Waals surface area contributed by atoms with Crippen LogP contribution in [0.5, 0.6) is 5.75 Å². The van der Waals surface area contributed by atoms with Crippen molar-refractivity contribution in [2.24, 2.45) is 5.92 Å². The van der Waals surface area contributed by atoms with Gasteiger partial charge in [-0.3, -0.25) is 19.5 Å². The Kier molecular flexibility index (Phi) is 7.53. The number of halogens is 1. The second kappa shape index (κ2) is 10.3. The molecule has 0 saturated heterocycles. The molecule has 0 atom stereocenters. The number of methoxy groups -OCH3 is 1. The van der Waals surface area contributed by atoms with Crippen LogP contribution in [0.25, 0.3) is 16.9 Å². The summed E-state index contributed by atoms with van der Waals surface area (Å²) in [7, 11) is 1.61. The van der Waals surface area contributed by atoms with Gasteiger partial charge in [-0.2, -0.15) is 0 Å². The van der Waals surface area contributed by atoms with Crippen molar-refractivity contribution in [3.8, 4) is 22.7 Å². The lowest BCUT2D eigenvalue weighted by atomic mass is 10.2. The number of rotatable bonds is 8. The summed E-state index contributed by atoms with van der Waals surface area (Å²) in [6.45, 7) is 5.93. The number of ether oxygens (including phenoxy) is 1. The highest BCUT2D eigenvalue weighted by Crippen LogP contribution is 2.26. The third-order valence-corrected chi connectivity index (χ3v) is 5.07. The predicted molar refractivity (Wildman–Crippen MR) is 126 cm³/mol. The first kappa shape index (κ1) is 23.3. The Balaban J connectivity index is 1.92. The summed E-state index contributed by atoms with van der Waals surface area (Å²) < 4.78 is 7.03. The number of carbonyl (C=O) groups excluding carboxylic acids is 2. The first-order valence-corrected chi connectivity index (χ1v) is 10.7. The number of anilines is 1.